The molecule has 0 aromatic rings. The van der Waals surface area contributed by atoms with Gasteiger partial charge >= 0.3 is 0 Å². The Morgan fingerprint density at radius 2 is 1.60 bits per heavy atom. The summed E-state index contributed by atoms with van der Waals surface area (Å²) in [6.07, 6.45) is 0. The smallest absolute Gasteiger partial charge is 0 e. The number of hydrazine groups is 1. The van der Waals surface area contributed by atoms with Gasteiger partial charge in [-0.05, 0) is 7.05 Å². The Morgan fingerprint density at radius 1 is 1.60 bits per heavy atom. The number of nitrogens with one attached hydrogen (secondary N) is 1. The van der Waals surface area contributed by atoms with Gasteiger partial charge in [0.05, 0.1) is 0 Å². The molecule has 0 aliphatic carbocycles. The molecule has 0 aliphatic heterocycles. The van der Waals surface area contributed by atoms with Gasteiger partial charge in [-0.25, -0.2) is 0 Å². The summed E-state index contributed by atoms with van der Waals surface area (Å²) in [6, 6.07) is 0. The summed E-state index contributed by atoms with van der Waals surface area (Å²) in [7, 11) is 1.65. The van der Waals surface area contributed by atoms with Crippen LogP contribution >= 0.6 is 0 Å². The molecule has 0 radical (unpaired) electrons. The molecule has 38 valence electrons. The molecule has 0 bridgehead atoms. The van der Waals surface area contributed by atoms with Crippen molar-refractivity contribution in [3.05, 3.63) is 0 Å². The second-order valence-electron chi connectivity index (χ2n) is 0.289. The molecule has 0 heterocycles. The largest absolute Gasteiger partial charge is 0.412 e. The fourth-order valence-electron chi connectivity index (χ4n) is 0. The van der Waals surface area contributed by atoms with E-state index in [9.17, 15) is 0 Å². The molecule has 0 saturated carbocycles. The van der Waals surface area contributed by atoms with Crippen LogP contribution < -0.4 is 11.3 Å². The molecular weight excluding hydrogens is 162 g/mol. The third-order valence-electron chi connectivity index (χ3n) is 0. The molecule has 4 heteroatoms. The third kappa shape index (κ3) is 99.8. The van der Waals surface area contributed by atoms with Gasteiger partial charge in [-0.3, -0.25) is 11.3 Å². The molecule has 0 spiro atoms. The van der Waals surface area contributed by atoms with Crippen molar-refractivity contribution in [2.45, 2.75) is 0 Å². The van der Waals surface area contributed by atoms with Crippen LogP contribution in [0.3, 0.4) is 0 Å². The van der Waals surface area contributed by atoms with Crippen LogP contribution in [0, 0.1) is 0 Å². The Morgan fingerprint density at radius 3 is 1.60 bits per heavy atom. The molecule has 0 amide bonds. The third-order valence-corrected chi connectivity index (χ3v) is 0. The van der Waals surface area contributed by atoms with Crippen molar-refractivity contribution in [3.63, 3.8) is 0 Å². The summed E-state index contributed by atoms with van der Waals surface area (Å²) in [5.41, 5.74) is 2.25. The second kappa shape index (κ2) is 24.0. The molecular formula is CH8N2OPd. The normalized spacial score (nSPS) is 3.60. The van der Waals surface area contributed by atoms with E-state index in [1.165, 1.54) is 0 Å². The predicted molar refractivity (Wildman–Crippen MR) is 16.9 cm³/mol. The van der Waals surface area contributed by atoms with Crippen LogP contribution in [0.1, 0.15) is 0 Å². The second-order valence-corrected chi connectivity index (χ2v) is 0.289. The van der Waals surface area contributed by atoms with E-state index >= 15 is 0 Å². The van der Waals surface area contributed by atoms with E-state index in [1.807, 2.05) is 0 Å². The summed E-state index contributed by atoms with van der Waals surface area (Å²) in [6.45, 7) is 0. The van der Waals surface area contributed by atoms with Crippen LogP contribution in [0.25, 0.3) is 0 Å². The summed E-state index contributed by atoms with van der Waals surface area (Å²) in [4.78, 5) is 0. The van der Waals surface area contributed by atoms with Gasteiger partial charge in [0.15, 0.2) is 0 Å². The zero-order valence-electron chi connectivity index (χ0n) is 2.89. The Bertz CT molecular complexity index is 9.61. The predicted octanol–water partition coefficient (Wildman–Crippen LogP) is -1.75. The summed E-state index contributed by atoms with van der Waals surface area (Å²) in [5, 5.41) is 0. The molecule has 0 atom stereocenters. The van der Waals surface area contributed by atoms with Crippen molar-refractivity contribution < 1.29 is 25.9 Å². The van der Waals surface area contributed by atoms with E-state index in [0.717, 1.165) is 0 Å². The van der Waals surface area contributed by atoms with Gasteiger partial charge in [-0.1, -0.05) is 0 Å². The molecule has 5 heavy (non-hydrogen) atoms. The Labute approximate surface area is 44.9 Å². The summed E-state index contributed by atoms with van der Waals surface area (Å²) >= 11 is 0. The van der Waals surface area contributed by atoms with Crippen molar-refractivity contribution in [1.29, 1.82) is 0 Å². The minimum atomic E-state index is 0. The van der Waals surface area contributed by atoms with E-state index < -0.39 is 0 Å². The molecule has 0 aromatic heterocycles. The molecule has 0 aromatic carbocycles. The average Bonchev–Trinajstić information content (AvgIpc) is 0.918. The maximum atomic E-state index is 4.60. The van der Waals surface area contributed by atoms with Gasteiger partial charge in [-0.2, -0.15) is 0 Å². The molecule has 0 unspecified atom stereocenters. The number of hydrogen-bond acceptors (Lipinski definition) is 2. The van der Waals surface area contributed by atoms with Crippen molar-refractivity contribution >= 4 is 0 Å². The monoisotopic (exact) mass is 170 g/mol. The molecule has 0 rings (SSSR count). The van der Waals surface area contributed by atoms with Crippen LogP contribution in [-0.2, 0) is 20.4 Å². The maximum Gasteiger partial charge on any atom is 0 e. The van der Waals surface area contributed by atoms with Crippen molar-refractivity contribution in [3.8, 4) is 0 Å². The van der Waals surface area contributed by atoms with Gasteiger partial charge < -0.3 is 5.48 Å². The van der Waals surface area contributed by atoms with Gasteiger partial charge in [0.25, 0.3) is 0 Å². The molecule has 0 fully saturated rings. The minimum absolute atomic E-state index is 0. The summed E-state index contributed by atoms with van der Waals surface area (Å²) < 4.78 is 0. The van der Waals surface area contributed by atoms with Crippen molar-refractivity contribution in [1.82, 2.24) is 5.43 Å². The Balaban J connectivity index is -0.0000000200. The zero-order valence-corrected chi connectivity index (χ0v) is 4.45. The Kier molecular flexibility index (Phi) is 84.8. The fraction of sp³-hybridized carbons (Fsp3) is 1.00. The zero-order chi connectivity index (χ0) is 2.71. The SMILES string of the molecule is CNN.O.[Pd]. The average molecular weight is 171 g/mol. The first-order valence-corrected chi connectivity index (χ1v) is 0.789. The van der Waals surface area contributed by atoms with Crippen LogP contribution in [0.4, 0.5) is 0 Å². The van der Waals surface area contributed by atoms with E-state index in [0.29, 0.717) is 0 Å². The van der Waals surface area contributed by atoms with Crippen LogP contribution in [-0.4, -0.2) is 12.5 Å². The van der Waals surface area contributed by atoms with E-state index in [4.69, 9.17) is 0 Å². The van der Waals surface area contributed by atoms with Crippen LogP contribution in [0.2, 0.25) is 0 Å². The Hall–Kier alpha value is 0.542. The molecule has 3 nitrogen and oxygen atoms in total. The van der Waals surface area contributed by atoms with Gasteiger partial charge in [0, 0.05) is 20.4 Å². The first-order chi connectivity index (χ1) is 1.41. The van der Waals surface area contributed by atoms with Crippen molar-refractivity contribution in [2.75, 3.05) is 7.05 Å². The minimum Gasteiger partial charge on any atom is -0.412 e. The van der Waals surface area contributed by atoms with E-state index in [2.05, 4.69) is 11.3 Å². The summed E-state index contributed by atoms with van der Waals surface area (Å²) in [5.74, 6) is 4.60. The maximum absolute atomic E-state index is 4.60. The number of rotatable bonds is 0. The first-order valence-electron chi connectivity index (χ1n) is 0.789. The molecule has 0 aliphatic rings. The van der Waals surface area contributed by atoms with E-state index in [1.54, 1.807) is 7.05 Å². The standard InChI is InChI=1S/CH6N2.H2O.Pd/c1-3-2;;/h3H,2H2,1H3;1H2;. The number of hydrogen-bond donors (Lipinski definition) is 2. The number of nitrogens with two attached hydrogens (primary N) is 1. The van der Waals surface area contributed by atoms with Gasteiger partial charge in [0.2, 0.25) is 0 Å². The van der Waals surface area contributed by atoms with Gasteiger partial charge in [0.1, 0.15) is 0 Å². The van der Waals surface area contributed by atoms with Gasteiger partial charge in [-0.15, -0.1) is 0 Å². The quantitative estimate of drug-likeness (QED) is 0.257. The first kappa shape index (κ1) is 17.7. The molecule has 0 saturated heterocycles. The topological polar surface area (TPSA) is 69.5 Å². The van der Waals surface area contributed by atoms with E-state index in [-0.39, 0.29) is 25.9 Å². The van der Waals surface area contributed by atoms with Crippen LogP contribution in [0.15, 0.2) is 0 Å². The molecule has 5 N–H and O–H groups in total. The van der Waals surface area contributed by atoms with Crippen LogP contribution in [0.5, 0.6) is 0 Å². The fourth-order valence-corrected chi connectivity index (χ4v) is 0. The van der Waals surface area contributed by atoms with Crippen molar-refractivity contribution in [2.24, 2.45) is 5.84 Å².